The van der Waals surface area contributed by atoms with Gasteiger partial charge < -0.3 is 5.32 Å². The Bertz CT molecular complexity index is 559. The maximum absolute atomic E-state index is 12.2. The van der Waals surface area contributed by atoms with Gasteiger partial charge in [-0.2, -0.15) is 0 Å². The Kier molecular flexibility index (Phi) is 3.73. The van der Waals surface area contributed by atoms with Crippen LogP contribution in [0.1, 0.15) is 12.8 Å². The van der Waals surface area contributed by atoms with E-state index in [9.17, 15) is 9.59 Å². The van der Waals surface area contributed by atoms with E-state index in [1.807, 2.05) is 30.3 Å². The van der Waals surface area contributed by atoms with E-state index >= 15 is 0 Å². The highest BCUT2D eigenvalue weighted by Gasteiger charge is 2.39. The molecule has 1 aromatic carbocycles. The third-order valence-electron chi connectivity index (χ3n) is 3.24. The molecule has 1 unspecified atom stereocenters. The highest BCUT2D eigenvalue weighted by Crippen LogP contribution is 2.31. The Balaban J connectivity index is 1.61. The molecule has 1 aromatic rings. The molecule has 2 heterocycles. The summed E-state index contributed by atoms with van der Waals surface area (Å²) < 4.78 is 0. The fraction of sp³-hybridized carbons (Fsp3) is 0.357. The summed E-state index contributed by atoms with van der Waals surface area (Å²) in [5.41, 5.74) is 0.753. The van der Waals surface area contributed by atoms with Crippen molar-refractivity contribution in [1.82, 2.24) is 4.90 Å². The van der Waals surface area contributed by atoms with Gasteiger partial charge in [-0.3, -0.25) is 19.5 Å². The number of hydrogen-bond acceptors (Lipinski definition) is 4. The van der Waals surface area contributed by atoms with Crippen molar-refractivity contribution >= 4 is 34.4 Å². The van der Waals surface area contributed by atoms with Crippen LogP contribution < -0.4 is 5.32 Å². The summed E-state index contributed by atoms with van der Waals surface area (Å²) in [7, 11) is 0. The van der Waals surface area contributed by atoms with Crippen molar-refractivity contribution < 1.29 is 9.59 Å². The second kappa shape index (κ2) is 5.66. The molecule has 2 aliphatic rings. The zero-order chi connectivity index (χ0) is 13.9. The average molecular weight is 289 g/mol. The predicted molar refractivity (Wildman–Crippen MR) is 79.7 cm³/mol. The number of amides is 2. The lowest BCUT2D eigenvalue weighted by molar-refractivity contribution is -0.128. The minimum absolute atomic E-state index is 0.0108. The second-order valence-electron chi connectivity index (χ2n) is 4.73. The van der Waals surface area contributed by atoms with E-state index in [1.165, 1.54) is 11.8 Å². The molecular formula is C14H15N3O2S. The van der Waals surface area contributed by atoms with E-state index in [4.69, 9.17) is 0 Å². The van der Waals surface area contributed by atoms with Crippen LogP contribution in [-0.2, 0) is 9.59 Å². The first-order valence-corrected chi connectivity index (χ1v) is 7.49. The number of aliphatic imine (C=N–C) groups is 1. The average Bonchev–Trinajstić information content (AvgIpc) is 2.77. The third kappa shape index (κ3) is 2.70. The molecule has 5 nitrogen and oxygen atoms in total. The number of rotatable bonds is 3. The Hall–Kier alpha value is -1.82. The summed E-state index contributed by atoms with van der Waals surface area (Å²) in [5, 5.41) is 3.25. The molecule has 0 saturated carbocycles. The number of nitrogens with one attached hydrogen (secondary N) is 1. The van der Waals surface area contributed by atoms with E-state index in [0.717, 1.165) is 30.4 Å². The van der Waals surface area contributed by atoms with Crippen LogP contribution in [0.5, 0.6) is 0 Å². The minimum atomic E-state index is -0.337. The van der Waals surface area contributed by atoms with Crippen LogP contribution in [0.15, 0.2) is 35.3 Å². The second-order valence-corrected chi connectivity index (χ2v) is 5.90. The molecule has 3 rings (SSSR count). The van der Waals surface area contributed by atoms with Gasteiger partial charge in [-0.1, -0.05) is 30.0 Å². The lowest BCUT2D eigenvalue weighted by Crippen LogP contribution is -2.36. The summed E-state index contributed by atoms with van der Waals surface area (Å²) in [6.07, 6.45) is 1.09. The Morgan fingerprint density at radius 1 is 1.40 bits per heavy atom. The van der Waals surface area contributed by atoms with E-state index in [1.54, 1.807) is 4.90 Å². The number of thioether (sulfide) groups is 1. The van der Waals surface area contributed by atoms with Crippen LogP contribution in [0.4, 0.5) is 5.69 Å². The van der Waals surface area contributed by atoms with Gasteiger partial charge in [0.15, 0.2) is 5.17 Å². The van der Waals surface area contributed by atoms with Crippen molar-refractivity contribution in [2.75, 3.05) is 18.4 Å². The van der Waals surface area contributed by atoms with Crippen LogP contribution in [0, 0.1) is 0 Å². The first kappa shape index (κ1) is 13.2. The SMILES string of the molecule is O=C(CC1SC2=NCCCN2C1=O)Nc1ccccc1. The van der Waals surface area contributed by atoms with Crippen molar-refractivity contribution in [2.45, 2.75) is 18.1 Å². The Morgan fingerprint density at radius 2 is 2.20 bits per heavy atom. The highest BCUT2D eigenvalue weighted by atomic mass is 32.2. The van der Waals surface area contributed by atoms with Gasteiger partial charge in [0, 0.05) is 25.2 Å². The van der Waals surface area contributed by atoms with Gasteiger partial charge in [0.05, 0.1) is 0 Å². The molecule has 0 spiro atoms. The largest absolute Gasteiger partial charge is 0.326 e. The number of para-hydroxylation sites is 1. The van der Waals surface area contributed by atoms with Gasteiger partial charge in [0.1, 0.15) is 5.25 Å². The van der Waals surface area contributed by atoms with Crippen LogP contribution in [0.25, 0.3) is 0 Å². The van der Waals surface area contributed by atoms with E-state index in [0.29, 0.717) is 0 Å². The highest BCUT2D eigenvalue weighted by molar-refractivity contribution is 8.15. The Labute approximate surface area is 121 Å². The van der Waals surface area contributed by atoms with Gasteiger partial charge in [0.25, 0.3) is 0 Å². The molecule has 2 amide bonds. The number of fused-ring (bicyclic) bond motifs is 1. The van der Waals surface area contributed by atoms with Crippen molar-refractivity contribution in [3.8, 4) is 0 Å². The maximum Gasteiger partial charge on any atom is 0.242 e. The molecule has 1 saturated heterocycles. The van der Waals surface area contributed by atoms with Crippen LogP contribution in [0.2, 0.25) is 0 Å². The lowest BCUT2D eigenvalue weighted by Gasteiger charge is -2.19. The zero-order valence-electron chi connectivity index (χ0n) is 10.9. The fourth-order valence-corrected chi connectivity index (χ4v) is 3.46. The van der Waals surface area contributed by atoms with Gasteiger partial charge in [0.2, 0.25) is 11.8 Å². The number of amidine groups is 1. The van der Waals surface area contributed by atoms with Gasteiger partial charge in [-0.15, -0.1) is 0 Å². The molecule has 6 heteroatoms. The summed E-state index contributed by atoms with van der Waals surface area (Å²) in [6, 6.07) is 9.27. The molecule has 20 heavy (non-hydrogen) atoms. The summed E-state index contributed by atoms with van der Waals surface area (Å²) in [5.74, 6) is -0.126. The van der Waals surface area contributed by atoms with Crippen LogP contribution in [-0.4, -0.2) is 40.2 Å². The number of anilines is 1. The molecular weight excluding hydrogens is 274 g/mol. The van der Waals surface area contributed by atoms with Gasteiger partial charge in [-0.05, 0) is 18.6 Å². The number of nitrogens with zero attached hydrogens (tertiary/aromatic N) is 2. The number of benzene rings is 1. The predicted octanol–water partition coefficient (Wildman–Crippen LogP) is 1.72. The van der Waals surface area contributed by atoms with E-state index < -0.39 is 0 Å². The van der Waals surface area contributed by atoms with Crippen molar-refractivity contribution in [3.05, 3.63) is 30.3 Å². The number of carbonyl (C=O) groups is 2. The quantitative estimate of drug-likeness (QED) is 0.921. The molecule has 0 bridgehead atoms. The van der Waals surface area contributed by atoms with Crippen LogP contribution >= 0.6 is 11.8 Å². The number of hydrogen-bond donors (Lipinski definition) is 1. The van der Waals surface area contributed by atoms with Crippen molar-refractivity contribution in [1.29, 1.82) is 0 Å². The van der Waals surface area contributed by atoms with Gasteiger partial charge in [-0.25, -0.2) is 0 Å². The molecule has 1 fully saturated rings. The molecule has 1 N–H and O–H groups in total. The molecule has 2 aliphatic heterocycles. The minimum Gasteiger partial charge on any atom is -0.326 e. The topological polar surface area (TPSA) is 61.8 Å². The first-order chi connectivity index (χ1) is 9.74. The zero-order valence-corrected chi connectivity index (χ0v) is 11.7. The summed E-state index contributed by atoms with van der Waals surface area (Å²) in [4.78, 5) is 30.2. The Morgan fingerprint density at radius 3 is 2.95 bits per heavy atom. The maximum atomic E-state index is 12.2. The molecule has 1 atom stereocenters. The van der Waals surface area contributed by atoms with Crippen LogP contribution in [0.3, 0.4) is 0 Å². The number of carbonyl (C=O) groups excluding carboxylic acids is 2. The van der Waals surface area contributed by atoms with E-state index in [2.05, 4.69) is 10.3 Å². The molecule has 0 aromatic heterocycles. The van der Waals surface area contributed by atoms with E-state index in [-0.39, 0.29) is 23.5 Å². The fourth-order valence-electron chi connectivity index (χ4n) is 2.27. The summed E-state index contributed by atoms with van der Waals surface area (Å²) >= 11 is 1.41. The molecule has 0 radical (unpaired) electrons. The molecule has 104 valence electrons. The molecule has 0 aliphatic carbocycles. The smallest absolute Gasteiger partial charge is 0.242 e. The monoisotopic (exact) mass is 289 g/mol. The van der Waals surface area contributed by atoms with Crippen molar-refractivity contribution in [3.63, 3.8) is 0 Å². The lowest BCUT2D eigenvalue weighted by atomic mass is 10.2. The standard InChI is InChI=1S/C14H15N3O2S/c18-12(16-10-5-2-1-3-6-10)9-11-13(19)17-8-4-7-15-14(17)20-11/h1-3,5-6,11H,4,7-9H2,(H,16,18). The summed E-state index contributed by atoms with van der Waals surface area (Å²) in [6.45, 7) is 1.50. The van der Waals surface area contributed by atoms with Gasteiger partial charge >= 0.3 is 0 Å². The normalized spacial score (nSPS) is 21.4. The van der Waals surface area contributed by atoms with Crippen molar-refractivity contribution in [2.24, 2.45) is 4.99 Å². The third-order valence-corrected chi connectivity index (χ3v) is 4.45. The first-order valence-electron chi connectivity index (χ1n) is 6.61.